The van der Waals surface area contributed by atoms with Crippen molar-refractivity contribution in [3.05, 3.63) is 24.5 Å². The zero-order valence-electron chi connectivity index (χ0n) is 10.3. The Labute approximate surface area is 91.9 Å². The molecule has 15 heavy (non-hydrogen) atoms. The van der Waals surface area contributed by atoms with Gasteiger partial charge in [-0.2, -0.15) is 0 Å². The molecule has 3 heteroatoms. The molecule has 84 valence electrons. The maximum atomic E-state index is 4.19. The summed E-state index contributed by atoms with van der Waals surface area (Å²) < 4.78 is 0. The predicted molar refractivity (Wildman–Crippen MR) is 68.3 cm³/mol. The highest BCUT2D eigenvalue weighted by Gasteiger charge is 1.94. The van der Waals surface area contributed by atoms with Gasteiger partial charge in [0.15, 0.2) is 0 Å². The minimum Gasteiger partial charge on any atom is -0.387 e. The molecule has 2 rings (SSSR count). The van der Waals surface area contributed by atoms with Gasteiger partial charge in [-0.3, -0.25) is 0 Å². The van der Waals surface area contributed by atoms with E-state index in [4.69, 9.17) is 0 Å². The molecule has 0 saturated carbocycles. The summed E-state index contributed by atoms with van der Waals surface area (Å²) in [5.41, 5.74) is 1.97. The summed E-state index contributed by atoms with van der Waals surface area (Å²) in [5.74, 6) is 0. The van der Waals surface area contributed by atoms with Crippen molar-refractivity contribution >= 4 is 16.7 Å². The number of anilines is 1. The van der Waals surface area contributed by atoms with Crippen LogP contribution in [0.4, 0.5) is 5.69 Å². The van der Waals surface area contributed by atoms with Crippen LogP contribution in [0.5, 0.6) is 0 Å². The lowest BCUT2D eigenvalue weighted by atomic mass is 10.3. The molecule has 0 aliphatic heterocycles. The highest BCUT2D eigenvalue weighted by molar-refractivity contribution is 5.78. The van der Waals surface area contributed by atoms with E-state index in [2.05, 4.69) is 21.4 Å². The fraction of sp³-hybridized carbons (Fsp3) is 0.417. The fourth-order valence-corrected chi connectivity index (χ4v) is 1.08. The molecule has 3 nitrogen and oxygen atoms in total. The molecule has 0 bridgehead atoms. The van der Waals surface area contributed by atoms with E-state index in [1.807, 2.05) is 47.0 Å². The summed E-state index contributed by atoms with van der Waals surface area (Å²) >= 11 is 0. The fourth-order valence-electron chi connectivity index (χ4n) is 1.08. The zero-order valence-corrected chi connectivity index (χ0v) is 10.3. The van der Waals surface area contributed by atoms with E-state index in [0.29, 0.717) is 0 Å². The summed E-state index contributed by atoms with van der Waals surface area (Å²) in [6.45, 7) is 8.00. The number of nitrogens with one attached hydrogen (secondary N) is 2. The topological polar surface area (TPSA) is 40.7 Å². The SMILES string of the molecule is CC.CC.CNc1cnc2[nH]ccc2c1. The van der Waals surface area contributed by atoms with Crippen LogP contribution in [0.3, 0.4) is 0 Å². The molecule has 0 saturated heterocycles. The first-order valence-electron chi connectivity index (χ1n) is 5.51. The van der Waals surface area contributed by atoms with Gasteiger partial charge in [-0.05, 0) is 12.1 Å². The quantitative estimate of drug-likeness (QED) is 0.749. The molecule has 0 atom stereocenters. The molecule has 0 spiro atoms. The van der Waals surface area contributed by atoms with Gasteiger partial charge >= 0.3 is 0 Å². The van der Waals surface area contributed by atoms with Crippen LogP contribution in [-0.4, -0.2) is 17.0 Å². The first kappa shape index (κ1) is 13.5. The molecular weight excluding hydrogens is 186 g/mol. The molecule has 2 heterocycles. The minimum absolute atomic E-state index is 0.934. The summed E-state index contributed by atoms with van der Waals surface area (Å²) in [6, 6.07) is 4.06. The Morgan fingerprint density at radius 1 is 1.20 bits per heavy atom. The maximum absolute atomic E-state index is 4.19. The summed E-state index contributed by atoms with van der Waals surface area (Å²) in [4.78, 5) is 7.23. The number of hydrogen-bond donors (Lipinski definition) is 2. The smallest absolute Gasteiger partial charge is 0.137 e. The molecule has 0 aliphatic carbocycles. The molecule has 2 N–H and O–H groups in total. The van der Waals surface area contributed by atoms with E-state index in [-0.39, 0.29) is 0 Å². The van der Waals surface area contributed by atoms with Crippen molar-refractivity contribution in [2.24, 2.45) is 0 Å². The van der Waals surface area contributed by atoms with Gasteiger partial charge in [0.05, 0.1) is 11.9 Å². The molecule has 0 fully saturated rings. The Balaban J connectivity index is 0.000000442. The molecule has 2 aromatic rings. The van der Waals surface area contributed by atoms with Gasteiger partial charge < -0.3 is 10.3 Å². The summed E-state index contributed by atoms with van der Waals surface area (Å²) in [5, 5.41) is 4.17. The zero-order chi connectivity index (χ0) is 11.7. The Morgan fingerprint density at radius 3 is 2.47 bits per heavy atom. The molecule has 0 aliphatic rings. The average molecular weight is 207 g/mol. The second kappa shape index (κ2) is 7.85. The number of aromatic nitrogens is 2. The first-order valence-corrected chi connectivity index (χ1v) is 5.51. The van der Waals surface area contributed by atoms with Crippen molar-refractivity contribution in [2.75, 3.05) is 12.4 Å². The van der Waals surface area contributed by atoms with Gasteiger partial charge in [-0.25, -0.2) is 4.98 Å². The lowest BCUT2D eigenvalue weighted by Gasteiger charge is -1.96. The van der Waals surface area contributed by atoms with Crippen LogP contribution >= 0.6 is 0 Å². The predicted octanol–water partition coefficient (Wildman–Crippen LogP) is 3.66. The van der Waals surface area contributed by atoms with E-state index in [0.717, 1.165) is 16.7 Å². The van der Waals surface area contributed by atoms with Gasteiger partial charge in [-0.15, -0.1) is 0 Å². The second-order valence-electron chi connectivity index (χ2n) is 2.39. The summed E-state index contributed by atoms with van der Waals surface area (Å²) in [6.07, 6.45) is 3.69. The van der Waals surface area contributed by atoms with Crippen molar-refractivity contribution < 1.29 is 0 Å². The number of hydrogen-bond acceptors (Lipinski definition) is 2. The average Bonchev–Trinajstić information content (AvgIpc) is 2.81. The van der Waals surface area contributed by atoms with Crippen LogP contribution in [0.25, 0.3) is 11.0 Å². The third kappa shape index (κ3) is 3.62. The van der Waals surface area contributed by atoms with Crippen LogP contribution in [-0.2, 0) is 0 Å². The van der Waals surface area contributed by atoms with Crippen LogP contribution in [0.15, 0.2) is 24.5 Å². The molecule has 0 unspecified atom stereocenters. The lowest BCUT2D eigenvalue weighted by Crippen LogP contribution is -1.88. The largest absolute Gasteiger partial charge is 0.387 e. The number of rotatable bonds is 1. The summed E-state index contributed by atoms with van der Waals surface area (Å²) in [7, 11) is 1.88. The molecule has 2 aromatic heterocycles. The Bertz CT molecular complexity index is 366. The second-order valence-corrected chi connectivity index (χ2v) is 2.39. The Morgan fingerprint density at radius 2 is 1.87 bits per heavy atom. The first-order chi connectivity index (χ1) is 7.40. The molecule has 0 aromatic carbocycles. The molecule has 0 amide bonds. The van der Waals surface area contributed by atoms with Crippen LogP contribution in [0, 0.1) is 0 Å². The van der Waals surface area contributed by atoms with E-state index in [1.165, 1.54) is 0 Å². The monoisotopic (exact) mass is 207 g/mol. The molecular formula is C12H21N3. The van der Waals surface area contributed by atoms with Crippen LogP contribution < -0.4 is 5.32 Å². The Hall–Kier alpha value is -1.51. The third-order valence-corrected chi connectivity index (χ3v) is 1.69. The Kier molecular flexibility index (Phi) is 7.06. The van der Waals surface area contributed by atoms with Crippen molar-refractivity contribution in [1.82, 2.24) is 9.97 Å². The highest BCUT2D eigenvalue weighted by atomic mass is 14.9. The van der Waals surface area contributed by atoms with Crippen LogP contribution in [0.2, 0.25) is 0 Å². The van der Waals surface area contributed by atoms with Crippen molar-refractivity contribution in [3.8, 4) is 0 Å². The highest BCUT2D eigenvalue weighted by Crippen LogP contribution is 2.13. The van der Waals surface area contributed by atoms with Gasteiger partial charge in [-0.1, -0.05) is 27.7 Å². The van der Waals surface area contributed by atoms with E-state index < -0.39 is 0 Å². The number of aromatic amines is 1. The van der Waals surface area contributed by atoms with Crippen molar-refractivity contribution in [3.63, 3.8) is 0 Å². The van der Waals surface area contributed by atoms with Gasteiger partial charge in [0.2, 0.25) is 0 Å². The number of nitrogens with zero attached hydrogens (tertiary/aromatic N) is 1. The van der Waals surface area contributed by atoms with Crippen molar-refractivity contribution in [2.45, 2.75) is 27.7 Å². The van der Waals surface area contributed by atoms with Gasteiger partial charge in [0, 0.05) is 18.6 Å². The minimum atomic E-state index is 0.934. The van der Waals surface area contributed by atoms with E-state index in [1.54, 1.807) is 6.20 Å². The third-order valence-electron chi connectivity index (χ3n) is 1.69. The maximum Gasteiger partial charge on any atom is 0.137 e. The van der Waals surface area contributed by atoms with Gasteiger partial charge in [0.1, 0.15) is 5.65 Å². The van der Waals surface area contributed by atoms with Crippen LogP contribution in [0.1, 0.15) is 27.7 Å². The van der Waals surface area contributed by atoms with Gasteiger partial charge in [0.25, 0.3) is 0 Å². The number of fused-ring (bicyclic) bond motifs is 1. The van der Waals surface area contributed by atoms with E-state index >= 15 is 0 Å². The molecule has 0 radical (unpaired) electrons. The van der Waals surface area contributed by atoms with E-state index in [9.17, 15) is 0 Å². The number of pyridine rings is 1. The number of H-pyrrole nitrogens is 1. The lowest BCUT2D eigenvalue weighted by molar-refractivity contribution is 1.31. The normalized spacial score (nSPS) is 8.33. The van der Waals surface area contributed by atoms with Crippen molar-refractivity contribution in [1.29, 1.82) is 0 Å². The standard InChI is InChI=1S/C8H9N3.2C2H6/c1-9-7-4-6-2-3-10-8(6)11-5-7;2*1-2/h2-5,9H,1H3,(H,10,11);2*1-2H3.